The van der Waals surface area contributed by atoms with Crippen molar-refractivity contribution in [2.24, 2.45) is 0 Å². The van der Waals surface area contributed by atoms with E-state index in [9.17, 15) is 8.42 Å². The van der Waals surface area contributed by atoms with Crippen LogP contribution in [0.15, 0.2) is 12.1 Å². The zero-order chi connectivity index (χ0) is 13.8. The molecule has 0 fully saturated rings. The first-order valence-corrected chi connectivity index (χ1v) is 6.93. The minimum Gasteiger partial charge on any atom is -0.496 e. The molecule has 0 radical (unpaired) electrons. The second-order valence-electron chi connectivity index (χ2n) is 3.41. The Hall–Kier alpha value is -1.63. The van der Waals surface area contributed by atoms with Crippen LogP contribution in [0.4, 0.5) is 5.69 Å². The largest absolute Gasteiger partial charge is 0.496 e. The van der Waals surface area contributed by atoms with Gasteiger partial charge in [-0.05, 0) is 6.92 Å². The van der Waals surface area contributed by atoms with Crippen molar-refractivity contribution in [3.8, 4) is 17.2 Å². The molecule has 0 bridgehead atoms. The highest BCUT2D eigenvalue weighted by Crippen LogP contribution is 2.39. The van der Waals surface area contributed by atoms with Gasteiger partial charge >= 0.3 is 0 Å². The highest BCUT2D eigenvalue weighted by atomic mass is 32.2. The first-order chi connectivity index (χ1) is 8.47. The molecule has 1 aromatic rings. The minimum atomic E-state index is -3.41. The Bertz CT molecular complexity index is 487. The highest BCUT2D eigenvalue weighted by Gasteiger charge is 2.17. The molecule has 0 heterocycles. The summed E-state index contributed by atoms with van der Waals surface area (Å²) in [7, 11) is 0.981. The maximum atomic E-state index is 11.6. The average molecular weight is 275 g/mol. The van der Waals surface area contributed by atoms with E-state index in [4.69, 9.17) is 14.2 Å². The van der Waals surface area contributed by atoms with Gasteiger partial charge in [0.15, 0.2) is 0 Å². The molecule has 0 saturated heterocycles. The Morgan fingerprint density at radius 3 is 1.89 bits per heavy atom. The Labute approximate surface area is 107 Å². The zero-order valence-corrected chi connectivity index (χ0v) is 11.6. The third-order valence-electron chi connectivity index (χ3n) is 2.35. The van der Waals surface area contributed by atoms with Crippen molar-refractivity contribution >= 4 is 15.7 Å². The normalized spacial score (nSPS) is 10.9. The molecular formula is C11H17NO5S. The molecule has 0 amide bonds. The van der Waals surface area contributed by atoms with Crippen LogP contribution in [0.2, 0.25) is 0 Å². The fourth-order valence-corrected chi connectivity index (χ4v) is 1.99. The molecule has 0 unspecified atom stereocenters. The molecule has 1 rings (SSSR count). The lowest BCUT2D eigenvalue weighted by Gasteiger charge is -2.16. The van der Waals surface area contributed by atoms with Crippen LogP contribution >= 0.6 is 0 Å². The van der Waals surface area contributed by atoms with Crippen molar-refractivity contribution in [3.05, 3.63) is 12.1 Å². The predicted octanol–water partition coefficient (Wildman–Crippen LogP) is 1.47. The lowest BCUT2D eigenvalue weighted by atomic mass is 10.2. The highest BCUT2D eigenvalue weighted by molar-refractivity contribution is 7.92. The van der Waals surface area contributed by atoms with Gasteiger partial charge in [-0.15, -0.1) is 0 Å². The number of anilines is 1. The van der Waals surface area contributed by atoms with Gasteiger partial charge in [0.25, 0.3) is 0 Å². The molecule has 0 aliphatic carbocycles. The summed E-state index contributed by atoms with van der Waals surface area (Å²) in [6.45, 7) is 1.55. The lowest BCUT2D eigenvalue weighted by Crippen LogP contribution is -2.16. The van der Waals surface area contributed by atoms with Crippen LogP contribution in [0.25, 0.3) is 0 Å². The van der Waals surface area contributed by atoms with Gasteiger partial charge in [0.05, 0.1) is 27.1 Å². The van der Waals surface area contributed by atoms with Gasteiger partial charge in [0, 0.05) is 12.1 Å². The summed E-state index contributed by atoms with van der Waals surface area (Å²) >= 11 is 0. The number of sulfonamides is 1. The van der Waals surface area contributed by atoms with Gasteiger partial charge < -0.3 is 14.2 Å². The Morgan fingerprint density at radius 1 is 1.06 bits per heavy atom. The van der Waals surface area contributed by atoms with Gasteiger partial charge in [-0.25, -0.2) is 8.42 Å². The van der Waals surface area contributed by atoms with Crippen molar-refractivity contribution < 1.29 is 22.6 Å². The maximum absolute atomic E-state index is 11.6. The van der Waals surface area contributed by atoms with E-state index in [0.717, 1.165) is 0 Å². The summed E-state index contributed by atoms with van der Waals surface area (Å²) in [4.78, 5) is 0. The van der Waals surface area contributed by atoms with Crippen molar-refractivity contribution in [1.82, 2.24) is 0 Å². The first kappa shape index (κ1) is 14.4. The molecule has 1 aromatic carbocycles. The van der Waals surface area contributed by atoms with Crippen LogP contribution in [0, 0.1) is 0 Å². The number of nitrogens with one attached hydrogen (secondary N) is 1. The first-order valence-electron chi connectivity index (χ1n) is 5.28. The van der Waals surface area contributed by atoms with Gasteiger partial charge in [-0.3, -0.25) is 4.72 Å². The summed E-state index contributed by atoms with van der Waals surface area (Å²) in [5.74, 6) is 1.15. The van der Waals surface area contributed by atoms with E-state index in [-0.39, 0.29) is 11.4 Å². The molecule has 0 atom stereocenters. The molecule has 0 aromatic heterocycles. The predicted molar refractivity (Wildman–Crippen MR) is 69.2 cm³/mol. The second-order valence-corrected chi connectivity index (χ2v) is 5.42. The molecule has 0 aliphatic rings. The third kappa shape index (κ3) is 3.19. The van der Waals surface area contributed by atoms with E-state index in [1.54, 1.807) is 19.1 Å². The standard InChI is InChI=1S/C11H17NO5S/c1-5-18(13,14)12-11-9(16-3)6-8(15-2)7-10(11)17-4/h6-7,12H,5H2,1-4H3. The number of ether oxygens (including phenoxy) is 3. The van der Waals surface area contributed by atoms with Crippen molar-refractivity contribution in [2.75, 3.05) is 31.8 Å². The van der Waals surface area contributed by atoms with Crippen LogP contribution in [-0.2, 0) is 10.0 Å². The summed E-state index contributed by atoms with van der Waals surface area (Å²) in [6.07, 6.45) is 0. The Morgan fingerprint density at radius 2 is 1.56 bits per heavy atom. The maximum Gasteiger partial charge on any atom is 0.232 e. The van der Waals surface area contributed by atoms with E-state index in [2.05, 4.69) is 4.72 Å². The van der Waals surface area contributed by atoms with Gasteiger partial charge in [0.1, 0.15) is 22.9 Å². The smallest absolute Gasteiger partial charge is 0.232 e. The molecule has 102 valence electrons. The number of benzene rings is 1. The molecule has 1 N–H and O–H groups in total. The fourth-order valence-electron chi connectivity index (χ4n) is 1.33. The third-order valence-corrected chi connectivity index (χ3v) is 3.63. The van der Waals surface area contributed by atoms with Crippen LogP contribution in [0.3, 0.4) is 0 Å². The monoisotopic (exact) mass is 275 g/mol. The van der Waals surface area contributed by atoms with Crippen molar-refractivity contribution in [2.45, 2.75) is 6.92 Å². The van der Waals surface area contributed by atoms with E-state index in [1.807, 2.05) is 0 Å². The van der Waals surface area contributed by atoms with Crippen molar-refractivity contribution in [1.29, 1.82) is 0 Å². The zero-order valence-electron chi connectivity index (χ0n) is 10.8. The molecule has 0 spiro atoms. The number of rotatable bonds is 6. The summed E-state index contributed by atoms with van der Waals surface area (Å²) in [6, 6.07) is 3.16. The quantitative estimate of drug-likeness (QED) is 0.851. The van der Waals surface area contributed by atoms with Crippen LogP contribution < -0.4 is 18.9 Å². The number of hydrogen-bond acceptors (Lipinski definition) is 5. The average Bonchev–Trinajstić information content (AvgIpc) is 2.38. The topological polar surface area (TPSA) is 73.9 Å². The lowest BCUT2D eigenvalue weighted by molar-refractivity contribution is 0.378. The molecule has 18 heavy (non-hydrogen) atoms. The van der Waals surface area contributed by atoms with Gasteiger partial charge in [0.2, 0.25) is 10.0 Å². The summed E-state index contributed by atoms with van der Waals surface area (Å²) in [5.41, 5.74) is 0.266. The second kappa shape index (κ2) is 5.81. The molecule has 0 aliphatic heterocycles. The SMILES string of the molecule is CCS(=O)(=O)Nc1c(OC)cc(OC)cc1OC. The number of hydrogen-bond donors (Lipinski definition) is 1. The molecule has 6 nitrogen and oxygen atoms in total. The molecule has 7 heteroatoms. The van der Waals surface area contributed by atoms with E-state index in [1.165, 1.54) is 21.3 Å². The molecular weight excluding hydrogens is 258 g/mol. The van der Waals surface area contributed by atoms with E-state index < -0.39 is 10.0 Å². The van der Waals surface area contributed by atoms with Gasteiger partial charge in [-0.1, -0.05) is 0 Å². The summed E-state index contributed by atoms with van der Waals surface area (Å²) < 4.78 is 41.0. The van der Waals surface area contributed by atoms with Crippen LogP contribution in [0.1, 0.15) is 6.92 Å². The van der Waals surface area contributed by atoms with E-state index in [0.29, 0.717) is 17.2 Å². The van der Waals surface area contributed by atoms with Gasteiger partial charge in [-0.2, -0.15) is 0 Å². The summed E-state index contributed by atoms with van der Waals surface area (Å²) in [5, 5.41) is 0. The van der Waals surface area contributed by atoms with Crippen molar-refractivity contribution in [3.63, 3.8) is 0 Å². The van der Waals surface area contributed by atoms with Crippen LogP contribution in [0.5, 0.6) is 17.2 Å². The minimum absolute atomic E-state index is 0.0364. The Balaban J connectivity index is 3.31. The van der Waals surface area contributed by atoms with E-state index >= 15 is 0 Å². The fraction of sp³-hybridized carbons (Fsp3) is 0.455. The number of methoxy groups -OCH3 is 3. The molecule has 0 saturated carbocycles. The Kier molecular flexibility index (Phi) is 4.66. The van der Waals surface area contributed by atoms with Crippen LogP contribution in [-0.4, -0.2) is 35.5 Å².